The molecule has 0 fully saturated rings. The summed E-state index contributed by atoms with van der Waals surface area (Å²) in [6, 6.07) is 12.9. The number of aromatic nitrogens is 2. The fraction of sp³-hybridized carbons (Fsp3) is 0.261. The zero-order valence-electron chi connectivity index (χ0n) is 17.2. The number of hydrogen-bond donors (Lipinski definition) is 1. The molecule has 3 rings (SSSR count). The van der Waals surface area contributed by atoms with E-state index in [9.17, 15) is 14.0 Å². The first-order chi connectivity index (χ1) is 14.3. The van der Waals surface area contributed by atoms with Gasteiger partial charge in [0.05, 0.1) is 12.2 Å². The molecule has 0 aliphatic rings. The van der Waals surface area contributed by atoms with Crippen molar-refractivity contribution < 1.29 is 13.9 Å². The van der Waals surface area contributed by atoms with E-state index < -0.39 is 0 Å². The highest BCUT2D eigenvalue weighted by molar-refractivity contribution is 5.77. The lowest BCUT2D eigenvalue weighted by atomic mass is 10.1. The van der Waals surface area contributed by atoms with E-state index in [0.29, 0.717) is 17.0 Å². The number of carbonyl (C=O) groups is 1. The van der Waals surface area contributed by atoms with Gasteiger partial charge >= 0.3 is 0 Å². The lowest BCUT2D eigenvalue weighted by molar-refractivity contribution is -0.123. The monoisotopic (exact) mass is 409 g/mol. The predicted molar refractivity (Wildman–Crippen MR) is 113 cm³/mol. The van der Waals surface area contributed by atoms with Crippen LogP contribution in [0.15, 0.2) is 53.3 Å². The first-order valence-corrected chi connectivity index (χ1v) is 9.65. The van der Waals surface area contributed by atoms with E-state index >= 15 is 0 Å². The van der Waals surface area contributed by atoms with Gasteiger partial charge in [0.25, 0.3) is 11.5 Å². The number of hydrogen-bond acceptors (Lipinski definition) is 4. The maximum Gasteiger partial charge on any atom is 0.266 e. The SMILES string of the molecule is Cc1cc(C)c(OCC(=O)NCCn2nc(-c3ccc(F)cc3)ccc2=O)c(C)c1. The Balaban J connectivity index is 1.56. The van der Waals surface area contributed by atoms with Gasteiger partial charge in [-0.2, -0.15) is 5.10 Å². The van der Waals surface area contributed by atoms with Crippen LogP contribution in [-0.2, 0) is 11.3 Å². The first kappa shape index (κ1) is 21.2. The molecular weight excluding hydrogens is 385 g/mol. The van der Waals surface area contributed by atoms with Crippen LogP contribution in [-0.4, -0.2) is 28.8 Å². The summed E-state index contributed by atoms with van der Waals surface area (Å²) >= 11 is 0. The third kappa shape index (κ3) is 5.31. The summed E-state index contributed by atoms with van der Waals surface area (Å²) < 4.78 is 20.0. The molecule has 0 atom stereocenters. The number of benzene rings is 2. The van der Waals surface area contributed by atoms with Crippen molar-refractivity contribution in [1.82, 2.24) is 15.1 Å². The highest BCUT2D eigenvalue weighted by Gasteiger charge is 2.09. The van der Waals surface area contributed by atoms with Crippen molar-refractivity contribution in [1.29, 1.82) is 0 Å². The molecule has 2 aromatic carbocycles. The molecule has 30 heavy (non-hydrogen) atoms. The fourth-order valence-electron chi connectivity index (χ4n) is 3.27. The Labute approximate surface area is 174 Å². The van der Waals surface area contributed by atoms with Crippen LogP contribution in [0, 0.1) is 26.6 Å². The van der Waals surface area contributed by atoms with Gasteiger partial charge in [0.2, 0.25) is 0 Å². The van der Waals surface area contributed by atoms with Crippen molar-refractivity contribution in [3.63, 3.8) is 0 Å². The molecule has 0 spiro atoms. The molecule has 0 aliphatic carbocycles. The third-order valence-electron chi connectivity index (χ3n) is 4.60. The molecule has 0 saturated heterocycles. The molecule has 3 aromatic rings. The van der Waals surface area contributed by atoms with Gasteiger partial charge in [-0.25, -0.2) is 9.07 Å². The van der Waals surface area contributed by atoms with Crippen molar-refractivity contribution in [2.45, 2.75) is 27.3 Å². The minimum Gasteiger partial charge on any atom is -0.483 e. The smallest absolute Gasteiger partial charge is 0.266 e. The van der Waals surface area contributed by atoms with Crippen LogP contribution in [0.2, 0.25) is 0 Å². The Kier molecular flexibility index (Phi) is 6.61. The Morgan fingerprint density at radius 3 is 2.40 bits per heavy atom. The summed E-state index contributed by atoms with van der Waals surface area (Å²) in [6.07, 6.45) is 0. The van der Waals surface area contributed by atoms with Gasteiger partial charge < -0.3 is 10.1 Å². The second kappa shape index (κ2) is 9.35. The summed E-state index contributed by atoms with van der Waals surface area (Å²) in [5.41, 5.74) is 4.07. The minimum absolute atomic E-state index is 0.108. The van der Waals surface area contributed by atoms with Gasteiger partial charge in [0.15, 0.2) is 6.61 Å². The molecule has 0 saturated carbocycles. The number of nitrogens with zero attached hydrogens (tertiary/aromatic N) is 2. The molecule has 0 bridgehead atoms. The van der Waals surface area contributed by atoms with Crippen LogP contribution in [0.4, 0.5) is 4.39 Å². The quantitative estimate of drug-likeness (QED) is 0.651. The minimum atomic E-state index is -0.340. The number of carbonyl (C=O) groups excluding carboxylic acids is 1. The second-order valence-corrected chi connectivity index (χ2v) is 7.15. The molecule has 0 unspecified atom stereocenters. The largest absolute Gasteiger partial charge is 0.483 e. The highest BCUT2D eigenvalue weighted by atomic mass is 19.1. The molecule has 7 heteroatoms. The van der Waals surface area contributed by atoms with Crippen LogP contribution in [0.1, 0.15) is 16.7 Å². The Morgan fingerprint density at radius 1 is 1.07 bits per heavy atom. The molecule has 1 aromatic heterocycles. The number of nitrogens with one attached hydrogen (secondary N) is 1. The van der Waals surface area contributed by atoms with E-state index in [2.05, 4.69) is 10.4 Å². The van der Waals surface area contributed by atoms with Crippen molar-refractivity contribution in [2.75, 3.05) is 13.2 Å². The zero-order chi connectivity index (χ0) is 21.7. The van der Waals surface area contributed by atoms with E-state index in [1.807, 2.05) is 32.9 Å². The fourth-order valence-corrected chi connectivity index (χ4v) is 3.27. The maximum absolute atomic E-state index is 13.1. The van der Waals surface area contributed by atoms with Crippen molar-refractivity contribution in [3.05, 3.63) is 81.4 Å². The number of amides is 1. The predicted octanol–water partition coefficient (Wildman–Crippen LogP) is 3.17. The molecule has 0 aliphatic heterocycles. The van der Waals surface area contributed by atoms with E-state index in [4.69, 9.17) is 4.74 Å². The number of halogens is 1. The lowest BCUT2D eigenvalue weighted by Gasteiger charge is -2.13. The molecule has 156 valence electrons. The van der Waals surface area contributed by atoms with Gasteiger partial charge in [-0.3, -0.25) is 9.59 Å². The van der Waals surface area contributed by atoms with E-state index in [0.717, 1.165) is 16.7 Å². The molecule has 1 N–H and O–H groups in total. The summed E-state index contributed by atoms with van der Waals surface area (Å²) in [4.78, 5) is 24.2. The normalized spacial score (nSPS) is 10.7. The van der Waals surface area contributed by atoms with Gasteiger partial charge in [0, 0.05) is 18.2 Å². The number of ether oxygens (including phenoxy) is 1. The first-order valence-electron chi connectivity index (χ1n) is 9.65. The van der Waals surface area contributed by atoms with Crippen LogP contribution >= 0.6 is 0 Å². The van der Waals surface area contributed by atoms with Gasteiger partial charge in [0.1, 0.15) is 11.6 Å². The Hall–Kier alpha value is -3.48. The van der Waals surface area contributed by atoms with E-state index in [-0.39, 0.29) is 37.0 Å². The average Bonchev–Trinajstić information content (AvgIpc) is 2.69. The van der Waals surface area contributed by atoms with Crippen molar-refractivity contribution >= 4 is 5.91 Å². The third-order valence-corrected chi connectivity index (χ3v) is 4.60. The average molecular weight is 409 g/mol. The molecular formula is C23H24FN3O3. The number of rotatable bonds is 7. The van der Waals surface area contributed by atoms with Gasteiger partial charge in [-0.1, -0.05) is 17.7 Å². The van der Waals surface area contributed by atoms with Crippen molar-refractivity contribution in [2.24, 2.45) is 0 Å². The highest BCUT2D eigenvalue weighted by Crippen LogP contribution is 2.24. The van der Waals surface area contributed by atoms with Crippen LogP contribution in [0.25, 0.3) is 11.3 Å². The Morgan fingerprint density at radius 2 is 1.73 bits per heavy atom. The van der Waals surface area contributed by atoms with Gasteiger partial charge in [-0.05, 0) is 62.2 Å². The topological polar surface area (TPSA) is 73.2 Å². The molecule has 1 amide bonds. The maximum atomic E-state index is 13.1. The van der Waals surface area contributed by atoms with E-state index in [1.54, 1.807) is 18.2 Å². The van der Waals surface area contributed by atoms with Crippen LogP contribution < -0.4 is 15.6 Å². The lowest BCUT2D eigenvalue weighted by Crippen LogP contribution is -2.34. The second-order valence-electron chi connectivity index (χ2n) is 7.15. The summed E-state index contributed by atoms with van der Waals surface area (Å²) in [5.74, 6) is 0.0887. The zero-order valence-corrected chi connectivity index (χ0v) is 17.2. The van der Waals surface area contributed by atoms with Crippen molar-refractivity contribution in [3.8, 4) is 17.0 Å². The van der Waals surface area contributed by atoms with E-state index in [1.165, 1.54) is 22.9 Å². The standard InChI is InChI=1S/C23H24FN3O3/c1-15-12-16(2)23(17(3)13-15)30-14-21(28)25-10-11-27-22(29)9-8-20(26-27)18-4-6-19(24)7-5-18/h4-9,12-13H,10-11,14H2,1-3H3,(H,25,28). The van der Waals surface area contributed by atoms with Crippen LogP contribution in [0.5, 0.6) is 5.75 Å². The summed E-state index contributed by atoms with van der Waals surface area (Å²) in [5, 5.41) is 7.03. The Bertz CT molecular complexity index is 1080. The molecule has 6 nitrogen and oxygen atoms in total. The summed E-state index contributed by atoms with van der Waals surface area (Å²) in [7, 11) is 0. The summed E-state index contributed by atoms with van der Waals surface area (Å²) in [6.45, 7) is 6.23. The van der Waals surface area contributed by atoms with Crippen LogP contribution in [0.3, 0.4) is 0 Å². The van der Waals surface area contributed by atoms with Gasteiger partial charge in [-0.15, -0.1) is 0 Å². The molecule has 1 heterocycles. The molecule has 0 radical (unpaired) electrons. The number of aryl methyl sites for hydroxylation is 3.